The third kappa shape index (κ3) is 2.16. The molecule has 0 saturated heterocycles. The molecule has 0 spiro atoms. The van der Waals surface area contributed by atoms with E-state index in [0.717, 1.165) is 38.5 Å². The monoisotopic (exact) mass is 320 g/mol. The molecule has 2 unspecified atom stereocenters. The van der Waals surface area contributed by atoms with Gasteiger partial charge in [-0.15, -0.1) is 0 Å². The molecule has 0 radical (unpaired) electrons. The molecule has 5 aliphatic carbocycles. The average molecular weight is 320 g/mol. The zero-order valence-electron chi connectivity index (χ0n) is 12.0. The van der Waals surface area contributed by atoms with Crippen molar-refractivity contribution in [3.8, 4) is 0 Å². The van der Waals surface area contributed by atoms with Crippen LogP contribution in [0.5, 0.6) is 0 Å². The summed E-state index contributed by atoms with van der Waals surface area (Å²) in [5.41, 5.74) is -0.356. The smallest absolute Gasteiger partial charge is 0.281 e. The van der Waals surface area contributed by atoms with Gasteiger partial charge in [-0.3, -0.25) is 4.55 Å². The summed E-state index contributed by atoms with van der Waals surface area (Å²) in [6.45, 7) is 0. The van der Waals surface area contributed by atoms with Gasteiger partial charge in [0.15, 0.2) is 0 Å². The SMILES string of the molecule is O=S(=O)(O)C(F)(F)CC12CC3CC(C1)CC(C1CC1)(C3)C2. The molecule has 0 aromatic heterocycles. The lowest BCUT2D eigenvalue weighted by Gasteiger charge is -2.63. The van der Waals surface area contributed by atoms with E-state index in [4.69, 9.17) is 4.55 Å². The topological polar surface area (TPSA) is 54.4 Å². The van der Waals surface area contributed by atoms with E-state index < -0.39 is 27.2 Å². The third-order valence-corrected chi connectivity index (χ3v) is 7.53. The number of rotatable bonds is 4. The lowest BCUT2D eigenvalue weighted by atomic mass is 9.42. The van der Waals surface area contributed by atoms with Gasteiger partial charge in [-0.1, -0.05) is 0 Å². The van der Waals surface area contributed by atoms with Gasteiger partial charge in [0.25, 0.3) is 0 Å². The second-order valence-corrected chi connectivity index (χ2v) is 9.93. The Labute approximate surface area is 124 Å². The fourth-order valence-electron chi connectivity index (χ4n) is 6.43. The van der Waals surface area contributed by atoms with E-state index in [1.165, 1.54) is 12.8 Å². The Morgan fingerprint density at radius 3 is 2.14 bits per heavy atom. The predicted molar refractivity (Wildman–Crippen MR) is 73.4 cm³/mol. The fraction of sp³-hybridized carbons (Fsp3) is 1.00. The van der Waals surface area contributed by atoms with Gasteiger partial charge in [0, 0.05) is 6.42 Å². The number of hydrogen-bond acceptors (Lipinski definition) is 2. The van der Waals surface area contributed by atoms with E-state index >= 15 is 0 Å². The normalized spacial score (nSPS) is 46.0. The standard InChI is InChI=1S/C15H22F2O3S/c16-15(17,21(18,19)20)9-13-4-10-3-11(5-13)7-14(6-10,8-13)12-1-2-12/h10-12H,1-9H2,(H,18,19,20). The van der Waals surface area contributed by atoms with Gasteiger partial charge in [0.05, 0.1) is 0 Å². The first-order chi connectivity index (χ1) is 9.63. The van der Waals surface area contributed by atoms with Crippen molar-refractivity contribution >= 4 is 10.1 Å². The lowest BCUT2D eigenvalue weighted by molar-refractivity contribution is -0.144. The fourth-order valence-corrected chi connectivity index (χ4v) is 6.92. The Balaban J connectivity index is 1.65. The largest absolute Gasteiger partial charge is 0.370 e. The van der Waals surface area contributed by atoms with E-state index in [9.17, 15) is 17.2 Å². The zero-order chi connectivity index (χ0) is 15.1. The summed E-state index contributed by atoms with van der Waals surface area (Å²) in [7, 11) is -5.30. The minimum absolute atomic E-state index is 0.208. The van der Waals surface area contributed by atoms with Crippen LogP contribution >= 0.6 is 0 Å². The van der Waals surface area contributed by atoms with Crippen molar-refractivity contribution < 1.29 is 21.8 Å². The molecule has 0 aromatic rings. The highest BCUT2D eigenvalue weighted by Crippen LogP contribution is 2.72. The summed E-state index contributed by atoms with van der Waals surface area (Å²) in [5, 5.41) is -4.00. The molecule has 6 heteroatoms. The first-order valence-electron chi connectivity index (χ1n) is 7.98. The van der Waals surface area contributed by atoms with Crippen LogP contribution in [0.15, 0.2) is 0 Å². The number of halogens is 2. The summed E-state index contributed by atoms with van der Waals surface area (Å²) in [5.74, 6) is 1.66. The molecule has 5 fully saturated rings. The minimum Gasteiger partial charge on any atom is -0.281 e. The molecule has 5 aliphatic rings. The van der Waals surface area contributed by atoms with Gasteiger partial charge >= 0.3 is 15.4 Å². The van der Waals surface area contributed by atoms with Gasteiger partial charge in [-0.05, 0) is 80.0 Å². The van der Waals surface area contributed by atoms with Gasteiger partial charge in [0.1, 0.15) is 0 Å². The van der Waals surface area contributed by atoms with Crippen LogP contribution in [0.25, 0.3) is 0 Å². The van der Waals surface area contributed by atoms with E-state index in [0.29, 0.717) is 17.8 Å². The predicted octanol–water partition coefficient (Wildman–Crippen LogP) is 3.85. The zero-order valence-corrected chi connectivity index (χ0v) is 12.8. The highest BCUT2D eigenvalue weighted by molar-refractivity contribution is 7.86. The first kappa shape index (κ1) is 14.4. The molecule has 0 aromatic carbocycles. The van der Waals surface area contributed by atoms with Crippen molar-refractivity contribution in [1.82, 2.24) is 0 Å². The van der Waals surface area contributed by atoms with Crippen LogP contribution in [0, 0.1) is 28.6 Å². The summed E-state index contributed by atoms with van der Waals surface area (Å²) >= 11 is 0. The average Bonchev–Trinajstić information content (AvgIpc) is 3.06. The van der Waals surface area contributed by atoms with Gasteiger partial charge < -0.3 is 0 Å². The van der Waals surface area contributed by atoms with Crippen molar-refractivity contribution in [2.24, 2.45) is 28.6 Å². The third-order valence-electron chi connectivity index (χ3n) is 6.63. The van der Waals surface area contributed by atoms with Gasteiger partial charge in [-0.25, -0.2) is 0 Å². The number of alkyl halides is 2. The second kappa shape index (κ2) is 3.99. The molecule has 120 valence electrons. The van der Waals surface area contributed by atoms with Crippen LogP contribution in [0.3, 0.4) is 0 Å². The van der Waals surface area contributed by atoms with Crippen LogP contribution in [-0.2, 0) is 10.1 Å². The van der Waals surface area contributed by atoms with Crippen LogP contribution in [-0.4, -0.2) is 18.2 Å². The van der Waals surface area contributed by atoms with E-state index in [1.54, 1.807) is 0 Å². The van der Waals surface area contributed by atoms with Crippen LogP contribution in [0.1, 0.15) is 57.8 Å². The summed E-state index contributed by atoms with van der Waals surface area (Å²) in [4.78, 5) is 0. The summed E-state index contributed by atoms with van der Waals surface area (Å²) in [6.07, 6.45) is 7.40. The highest BCUT2D eigenvalue weighted by atomic mass is 32.2. The molecule has 1 N–H and O–H groups in total. The molecular formula is C15H22F2O3S. The quantitative estimate of drug-likeness (QED) is 0.800. The van der Waals surface area contributed by atoms with E-state index in [1.807, 2.05) is 0 Å². The second-order valence-electron chi connectivity index (χ2n) is 8.39. The van der Waals surface area contributed by atoms with Crippen LogP contribution in [0.4, 0.5) is 8.78 Å². The van der Waals surface area contributed by atoms with Crippen molar-refractivity contribution in [3.05, 3.63) is 0 Å². The maximum absolute atomic E-state index is 13.9. The van der Waals surface area contributed by atoms with Gasteiger partial charge in [-0.2, -0.15) is 17.2 Å². The van der Waals surface area contributed by atoms with Crippen molar-refractivity contribution in [1.29, 1.82) is 0 Å². The molecule has 21 heavy (non-hydrogen) atoms. The lowest BCUT2D eigenvalue weighted by Crippen LogP contribution is -2.54. The molecule has 5 rings (SSSR count). The highest BCUT2D eigenvalue weighted by Gasteiger charge is 2.64. The minimum atomic E-state index is -5.30. The Hall–Kier alpha value is -0.230. The van der Waals surface area contributed by atoms with Crippen molar-refractivity contribution in [2.75, 3.05) is 0 Å². The summed E-state index contributed by atoms with van der Waals surface area (Å²) in [6, 6.07) is 0. The molecule has 0 amide bonds. The first-order valence-corrected chi connectivity index (χ1v) is 9.42. The molecule has 4 bridgehead atoms. The Bertz CT molecular complexity index is 553. The Morgan fingerprint density at radius 1 is 1.10 bits per heavy atom. The van der Waals surface area contributed by atoms with Crippen molar-refractivity contribution in [2.45, 2.75) is 63.0 Å². The van der Waals surface area contributed by atoms with Gasteiger partial charge in [0.2, 0.25) is 0 Å². The van der Waals surface area contributed by atoms with Crippen molar-refractivity contribution in [3.63, 3.8) is 0 Å². The molecule has 3 nitrogen and oxygen atoms in total. The molecule has 5 saturated carbocycles. The molecule has 0 heterocycles. The maximum Gasteiger partial charge on any atom is 0.370 e. The maximum atomic E-state index is 13.9. The molecule has 0 aliphatic heterocycles. The van der Waals surface area contributed by atoms with E-state index in [-0.39, 0.29) is 5.41 Å². The number of hydrogen-bond donors (Lipinski definition) is 1. The van der Waals surface area contributed by atoms with Crippen LogP contribution < -0.4 is 0 Å². The van der Waals surface area contributed by atoms with Crippen LogP contribution in [0.2, 0.25) is 0 Å². The molecular weight excluding hydrogens is 298 g/mol. The Morgan fingerprint density at radius 2 is 1.67 bits per heavy atom. The van der Waals surface area contributed by atoms with E-state index in [2.05, 4.69) is 0 Å². The molecule has 2 atom stereocenters. The summed E-state index contributed by atoms with van der Waals surface area (Å²) < 4.78 is 58.8. The Kier molecular flexibility index (Phi) is 2.73.